The lowest BCUT2D eigenvalue weighted by atomic mass is 10.1. The van der Waals surface area contributed by atoms with Crippen LogP contribution in [0.3, 0.4) is 0 Å². The van der Waals surface area contributed by atoms with Gasteiger partial charge in [0.15, 0.2) is 6.10 Å². The van der Waals surface area contributed by atoms with Crippen LogP contribution in [-0.2, 0) is 16.0 Å². The maximum absolute atomic E-state index is 12.6. The Morgan fingerprint density at radius 1 is 1.10 bits per heavy atom. The van der Waals surface area contributed by atoms with Gasteiger partial charge in [-0.05, 0) is 57.4 Å². The maximum Gasteiger partial charge on any atom is 0.375 e. The zero-order valence-electron chi connectivity index (χ0n) is 17.7. The lowest BCUT2D eigenvalue weighted by Gasteiger charge is -2.17. The minimum absolute atomic E-state index is 0.0424. The summed E-state index contributed by atoms with van der Waals surface area (Å²) in [7, 11) is 1.58. The summed E-state index contributed by atoms with van der Waals surface area (Å²) in [6, 6.07) is 15.3. The third-order valence-electron chi connectivity index (χ3n) is 5.08. The van der Waals surface area contributed by atoms with E-state index < -0.39 is 12.1 Å². The predicted octanol–water partition coefficient (Wildman–Crippen LogP) is 4.43. The molecule has 2 aromatic carbocycles. The van der Waals surface area contributed by atoms with Crippen molar-refractivity contribution in [1.82, 2.24) is 5.32 Å². The third kappa shape index (κ3) is 5.00. The van der Waals surface area contributed by atoms with Gasteiger partial charge in [0.05, 0.1) is 7.11 Å². The highest BCUT2D eigenvalue weighted by Crippen LogP contribution is 2.29. The Kier molecular flexibility index (Phi) is 6.77. The Balaban J connectivity index is 1.57. The second kappa shape index (κ2) is 9.48. The van der Waals surface area contributed by atoms with E-state index in [-0.39, 0.29) is 17.7 Å². The summed E-state index contributed by atoms with van der Waals surface area (Å²) in [6.45, 7) is 5.27. The summed E-state index contributed by atoms with van der Waals surface area (Å²) in [5.74, 6) is -0.236. The van der Waals surface area contributed by atoms with Crippen molar-refractivity contribution in [2.75, 3.05) is 7.11 Å². The number of fused-ring (bicyclic) bond motifs is 1. The van der Waals surface area contributed by atoms with Gasteiger partial charge in [-0.3, -0.25) is 4.79 Å². The standard InChI is InChI=1S/C24H27NO5/c1-15(10-11-18-8-6-5-7-9-18)25-23(26)17(3)29-24(27)22-16(2)20-14-19(28-4)12-13-21(20)30-22/h5-9,12-15,17H,10-11H2,1-4H3,(H,25,26)/t15-,17+/m0/s1. The summed E-state index contributed by atoms with van der Waals surface area (Å²) in [4.78, 5) is 25.0. The number of hydrogen-bond donors (Lipinski definition) is 1. The third-order valence-corrected chi connectivity index (χ3v) is 5.08. The van der Waals surface area contributed by atoms with E-state index in [1.807, 2.05) is 25.1 Å². The Bertz CT molecular complexity index is 1020. The Morgan fingerprint density at radius 2 is 1.83 bits per heavy atom. The Labute approximate surface area is 176 Å². The van der Waals surface area contributed by atoms with E-state index in [1.54, 1.807) is 39.2 Å². The van der Waals surface area contributed by atoms with E-state index in [0.29, 0.717) is 16.9 Å². The van der Waals surface area contributed by atoms with Gasteiger partial charge in [-0.1, -0.05) is 30.3 Å². The Morgan fingerprint density at radius 3 is 2.53 bits per heavy atom. The van der Waals surface area contributed by atoms with Crippen LogP contribution in [0.4, 0.5) is 0 Å². The van der Waals surface area contributed by atoms with Crippen molar-refractivity contribution in [1.29, 1.82) is 0 Å². The van der Waals surface area contributed by atoms with E-state index in [9.17, 15) is 9.59 Å². The topological polar surface area (TPSA) is 77.8 Å². The summed E-state index contributed by atoms with van der Waals surface area (Å²) in [5.41, 5.74) is 2.43. The van der Waals surface area contributed by atoms with Gasteiger partial charge in [-0.25, -0.2) is 4.79 Å². The Hall–Kier alpha value is -3.28. The smallest absolute Gasteiger partial charge is 0.375 e. The average Bonchev–Trinajstić information content (AvgIpc) is 3.08. The fraction of sp³-hybridized carbons (Fsp3) is 0.333. The van der Waals surface area contributed by atoms with E-state index in [4.69, 9.17) is 13.9 Å². The van der Waals surface area contributed by atoms with Gasteiger partial charge in [0.1, 0.15) is 11.3 Å². The number of benzene rings is 2. The second-order valence-corrected chi connectivity index (χ2v) is 7.40. The first-order valence-corrected chi connectivity index (χ1v) is 10.0. The fourth-order valence-corrected chi connectivity index (χ4v) is 3.25. The number of esters is 1. The first-order chi connectivity index (χ1) is 14.4. The normalized spacial score (nSPS) is 12.9. The molecule has 0 aliphatic heterocycles. The highest BCUT2D eigenvalue weighted by atomic mass is 16.6. The predicted molar refractivity (Wildman–Crippen MR) is 115 cm³/mol. The van der Waals surface area contributed by atoms with Gasteiger partial charge in [-0.15, -0.1) is 0 Å². The summed E-state index contributed by atoms with van der Waals surface area (Å²) >= 11 is 0. The van der Waals surface area contributed by atoms with Gasteiger partial charge in [0.2, 0.25) is 5.76 Å². The van der Waals surface area contributed by atoms with Crippen LogP contribution in [0.15, 0.2) is 52.9 Å². The lowest BCUT2D eigenvalue weighted by molar-refractivity contribution is -0.129. The molecule has 1 N–H and O–H groups in total. The largest absolute Gasteiger partial charge is 0.497 e. The first kappa shape index (κ1) is 21.4. The van der Waals surface area contributed by atoms with Crippen LogP contribution in [0.1, 0.15) is 41.9 Å². The van der Waals surface area contributed by atoms with Gasteiger partial charge in [-0.2, -0.15) is 0 Å². The SMILES string of the molecule is COc1ccc2oc(C(=O)O[C@H](C)C(=O)N[C@@H](C)CCc3ccccc3)c(C)c2c1. The number of methoxy groups -OCH3 is 1. The number of nitrogens with one attached hydrogen (secondary N) is 1. The number of hydrogen-bond acceptors (Lipinski definition) is 5. The number of carbonyl (C=O) groups excluding carboxylic acids is 2. The van der Waals surface area contributed by atoms with Crippen LogP contribution in [-0.4, -0.2) is 31.1 Å². The molecule has 6 heteroatoms. The number of rotatable bonds is 8. The molecule has 3 aromatic rings. The van der Waals surface area contributed by atoms with Crippen LogP contribution in [0.25, 0.3) is 11.0 Å². The summed E-state index contributed by atoms with van der Waals surface area (Å²) in [5, 5.41) is 3.67. The molecule has 2 atom stereocenters. The van der Waals surface area contributed by atoms with Crippen LogP contribution in [0.5, 0.6) is 5.75 Å². The number of amides is 1. The molecule has 0 saturated heterocycles. The molecule has 30 heavy (non-hydrogen) atoms. The monoisotopic (exact) mass is 409 g/mol. The van der Waals surface area contributed by atoms with E-state index in [0.717, 1.165) is 18.2 Å². The zero-order valence-corrected chi connectivity index (χ0v) is 17.7. The van der Waals surface area contributed by atoms with Gasteiger partial charge < -0.3 is 19.2 Å². The molecule has 0 spiro atoms. The van der Waals surface area contributed by atoms with Crippen LogP contribution < -0.4 is 10.1 Å². The molecule has 0 radical (unpaired) electrons. The van der Waals surface area contributed by atoms with Crippen molar-refractivity contribution in [2.45, 2.75) is 45.8 Å². The molecular formula is C24H27NO5. The highest BCUT2D eigenvalue weighted by molar-refractivity contribution is 5.97. The zero-order chi connectivity index (χ0) is 21.7. The van der Waals surface area contributed by atoms with Gasteiger partial charge in [0.25, 0.3) is 5.91 Å². The number of ether oxygens (including phenoxy) is 2. The molecule has 0 aliphatic rings. The molecule has 0 unspecified atom stereocenters. The van der Waals surface area contributed by atoms with Crippen molar-refractivity contribution in [3.05, 3.63) is 65.4 Å². The fourth-order valence-electron chi connectivity index (χ4n) is 3.25. The van der Waals surface area contributed by atoms with Gasteiger partial charge >= 0.3 is 5.97 Å². The molecular weight excluding hydrogens is 382 g/mol. The maximum atomic E-state index is 12.6. The lowest BCUT2D eigenvalue weighted by Crippen LogP contribution is -2.41. The van der Waals surface area contributed by atoms with Crippen molar-refractivity contribution in [3.8, 4) is 5.75 Å². The van der Waals surface area contributed by atoms with E-state index in [2.05, 4.69) is 17.4 Å². The summed E-state index contributed by atoms with van der Waals surface area (Å²) < 4.78 is 16.2. The molecule has 1 amide bonds. The molecule has 3 rings (SSSR count). The quantitative estimate of drug-likeness (QED) is 0.557. The average molecular weight is 409 g/mol. The molecule has 0 saturated carbocycles. The van der Waals surface area contributed by atoms with Crippen molar-refractivity contribution in [2.24, 2.45) is 0 Å². The van der Waals surface area contributed by atoms with Crippen LogP contribution >= 0.6 is 0 Å². The van der Waals surface area contributed by atoms with Crippen LogP contribution in [0, 0.1) is 6.92 Å². The number of furan rings is 1. The number of carbonyl (C=O) groups is 2. The van der Waals surface area contributed by atoms with E-state index in [1.165, 1.54) is 5.56 Å². The highest BCUT2D eigenvalue weighted by Gasteiger charge is 2.25. The van der Waals surface area contributed by atoms with Gasteiger partial charge in [0, 0.05) is 17.0 Å². The minimum atomic E-state index is -0.932. The van der Waals surface area contributed by atoms with Crippen molar-refractivity contribution < 1.29 is 23.5 Å². The van der Waals surface area contributed by atoms with Crippen LogP contribution in [0.2, 0.25) is 0 Å². The molecule has 1 aromatic heterocycles. The molecule has 6 nitrogen and oxygen atoms in total. The summed E-state index contributed by atoms with van der Waals surface area (Å²) in [6.07, 6.45) is 0.720. The van der Waals surface area contributed by atoms with E-state index >= 15 is 0 Å². The molecule has 0 aliphatic carbocycles. The molecule has 158 valence electrons. The van der Waals surface area contributed by atoms with Crippen molar-refractivity contribution in [3.63, 3.8) is 0 Å². The number of aryl methyl sites for hydroxylation is 2. The molecule has 0 bridgehead atoms. The van der Waals surface area contributed by atoms with Crippen molar-refractivity contribution >= 4 is 22.8 Å². The minimum Gasteiger partial charge on any atom is -0.497 e. The second-order valence-electron chi connectivity index (χ2n) is 7.40. The molecule has 1 heterocycles. The molecule has 0 fully saturated rings. The first-order valence-electron chi connectivity index (χ1n) is 10.0.